The number of nitrogens with one attached hydrogen (secondary N) is 1. The van der Waals surface area contributed by atoms with Crippen LogP contribution in [-0.2, 0) is 4.79 Å². The molecule has 25 heavy (non-hydrogen) atoms. The van der Waals surface area contributed by atoms with Crippen molar-refractivity contribution in [1.82, 2.24) is 5.43 Å². The Bertz CT molecular complexity index is 938. The van der Waals surface area contributed by atoms with Crippen LogP contribution in [0.2, 0.25) is 5.02 Å². The molecule has 5 heteroatoms. The van der Waals surface area contributed by atoms with Crippen LogP contribution in [0.3, 0.4) is 0 Å². The Morgan fingerprint density at radius 1 is 1.04 bits per heavy atom. The molecule has 0 aliphatic carbocycles. The number of fused-ring (bicyclic) bond motifs is 1. The van der Waals surface area contributed by atoms with Gasteiger partial charge in [0, 0.05) is 0 Å². The molecule has 0 aliphatic rings. The highest BCUT2D eigenvalue weighted by atomic mass is 35.5. The normalized spacial score (nSPS) is 11.4. The van der Waals surface area contributed by atoms with Gasteiger partial charge in [-0.05, 0) is 41.5 Å². The van der Waals surface area contributed by atoms with E-state index in [0.29, 0.717) is 10.8 Å². The van der Waals surface area contributed by atoms with Crippen molar-refractivity contribution in [2.45, 2.75) is 6.92 Å². The Kier molecular flexibility index (Phi) is 5.31. The summed E-state index contributed by atoms with van der Waals surface area (Å²) in [5, 5.41) is 6.89. The number of benzene rings is 3. The van der Waals surface area contributed by atoms with E-state index in [-0.39, 0.29) is 12.5 Å². The monoisotopic (exact) mass is 352 g/mol. The maximum Gasteiger partial charge on any atom is 0.277 e. The smallest absolute Gasteiger partial charge is 0.277 e. The second kappa shape index (κ2) is 7.81. The van der Waals surface area contributed by atoms with Gasteiger partial charge in [0.25, 0.3) is 5.91 Å². The number of ether oxygens (including phenoxy) is 1. The largest absolute Gasteiger partial charge is 0.482 e. The fraction of sp³-hybridized carbons (Fsp3) is 0.100. The minimum Gasteiger partial charge on any atom is -0.482 e. The van der Waals surface area contributed by atoms with Crippen LogP contribution in [0.25, 0.3) is 10.8 Å². The third kappa shape index (κ3) is 4.37. The van der Waals surface area contributed by atoms with Gasteiger partial charge in [-0.15, -0.1) is 0 Å². The number of rotatable bonds is 5. The number of carbonyl (C=O) groups excluding carboxylic acids is 1. The second-order valence-electron chi connectivity index (χ2n) is 5.51. The molecular formula is C20H17ClN2O2. The van der Waals surface area contributed by atoms with E-state index in [1.165, 1.54) is 0 Å². The summed E-state index contributed by atoms with van der Waals surface area (Å²) in [5.41, 5.74) is 4.17. The van der Waals surface area contributed by atoms with Crippen LogP contribution in [0.4, 0.5) is 0 Å². The molecule has 0 unspecified atom stereocenters. The van der Waals surface area contributed by atoms with E-state index in [4.69, 9.17) is 16.3 Å². The number of amides is 1. The molecule has 0 heterocycles. The van der Waals surface area contributed by atoms with Crippen molar-refractivity contribution in [3.63, 3.8) is 0 Å². The number of nitrogens with zero attached hydrogens (tertiary/aromatic N) is 1. The Morgan fingerprint density at radius 3 is 2.56 bits per heavy atom. The van der Waals surface area contributed by atoms with Crippen LogP contribution in [0.5, 0.6) is 5.75 Å². The zero-order valence-corrected chi connectivity index (χ0v) is 14.5. The van der Waals surface area contributed by atoms with Gasteiger partial charge in [0.05, 0.1) is 10.7 Å². The number of halogens is 1. The molecule has 3 rings (SSSR count). The van der Waals surface area contributed by atoms with Crippen LogP contribution in [0.1, 0.15) is 12.5 Å². The fourth-order valence-corrected chi connectivity index (χ4v) is 2.55. The average molecular weight is 353 g/mol. The maximum atomic E-state index is 11.9. The van der Waals surface area contributed by atoms with E-state index in [1.54, 1.807) is 24.3 Å². The van der Waals surface area contributed by atoms with Gasteiger partial charge in [-0.3, -0.25) is 4.79 Å². The van der Waals surface area contributed by atoms with E-state index in [0.717, 1.165) is 22.0 Å². The standard InChI is InChI=1S/C20H17ClN2O2/c1-14(16-11-10-15-6-2-3-7-17(15)12-16)22-23-20(24)13-25-19-9-5-4-8-18(19)21/h2-12H,13H2,1H3,(H,23,24)/b22-14+. The highest BCUT2D eigenvalue weighted by Gasteiger charge is 2.05. The summed E-state index contributed by atoms with van der Waals surface area (Å²) < 4.78 is 5.38. The first-order valence-electron chi connectivity index (χ1n) is 7.83. The summed E-state index contributed by atoms with van der Waals surface area (Å²) in [4.78, 5) is 11.9. The zero-order chi connectivity index (χ0) is 17.6. The third-order valence-electron chi connectivity index (χ3n) is 3.71. The first kappa shape index (κ1) is 17.0. The predicted octanol–water partition coefficient (Wildman–Crippen LogP) is 4.41. The van der Waals surface area contributed by atoms with Crippen LogP contribution >= 0.6 is 11.6 Å². The van der Waals surface area contributed by atoms with Gasteiger partial charge in [-0.1, -0.05) is 60.1 Å². The first-order chi connectivity index (χ1) is 12.1. The van der Waals surface area contributed by atoms with Gasteiger partial charge in [0.1, 0.15) is 5.75 Å². The maximum absolute atomic E-state index is 11.9. The lowest BCUT2D eigenvalue weighted by Gasteiger charge is -2.07. The van der Waals surface area contributed by atoms with Crippen molar-refractivity contribution < 1.29 is 9.53 Å². The van der Waals surface area contributed by atoms with E-state index >= 15 is 0 Å². The SMILES string of the molecule is C/C(=N\NC(=O)COc1ccccc1Cl)c1ccc2ccccc2c1. The molecule has 3 aromatic rings. The molecule has 0 radical (unpaired) electrons. The van der Waals surface area contributed by atoms with Crippen LogP contribution in [0.15, 0.2) is 71.8 Å². The average Bonchev–Trinajstić information content (AvgIpc) is 2.65. The van der Waals surface area contributed by atoms with Gasteiger partial charge in [0.2, 0.25) is 0 Å². The molecule has 0 bridgehead atoms. The minimum absolute atomic E-state index is 0.155. The van der Waals surface area contributed by atoms with E-state index in [1.807, 2.05) is 43.3 Å². The Labute approximate surface area is 151 Å². The van der Waals surface area contributed by atoms with Crippen LogP contribution in [0, 0.1) is 0 Å². The van der Waals surface area contributed by atoms with Crippen molar-refractivity contribution in [2.75, 3.05) is 6.61 Å². The summed E-state index contributed by atoms with van der Waals surface area (Å²) in [6.07, 6.45) is 0. The van der Waals surface area contributed by atoms with Crippen molar-refractivity contribution >= 4 is 34.0 Å². The number of carbonyl (C=O) groups is 1. The molecule has 1 N–H and O–H groups in total. The molecule has 4 nitrogen and oxygen atoms in total. The van der Waals surface area contributed by atoms with Crippen LogP contribution in [-0.4, -0.2) is 18.2 Å². The molecule has 0 fully saturated rings. The Balaban J connectivity index is 1.62. The molecule has 0 saturated carbocycles. The van der Waals surface area contributed by atoms with E-state index in [9.17, 15) is 4.79 Å². The van der Waals surface area contributed by atoms with Gasteiger partial charge in [-0.25, -0.2) is 5.43 Å². The molecular weight excluding hydrogens is 336 g/mol. The Morgan fingerprint density at radius 2 is 1.76 bits per heavy atom. The van der Waals surface area contributed by atoms with Crippen molar-refractivity contribution in [3.8, 4) is 5.75 Å². The molecule has 126 valence electrons. The summed E-state index contributed by atoms with van der Waals surface area (Å²) in [6.45, 7) is 1.69. The van der Waals surface area contributed by atoms with Crippen molar-refractivity contribution in [3.05, 3.63) is 77.3 Å². The summed E-state index contributed by atoms with van der Waals surface area (Å²) >= 11 is 5.98. The highest BCUT2D eigenvalue weighted by molar-refractivity contribution is 6.32. The lowest BCUT2D eigenvalue weighted by molar-refractivity contribution is -0.123. The Hall–Kier alpha value is -2.85. The molecule has 0 aromatic heterocycles. The summed E-state index contributed by atoms with van der Waals surface area (Å²) in [5.74, 6) is 0.120. The summed E-state index contributed by atoms with van der Waals surface area (Å²) in [6, 6.07) is 21.2. The predicted molar refractivity (Wildman–Crippen MR) is 101 cm³/mol. The number of hydrogen-bond donors (Lipinski definition) is 1. The van der Waals surface area contributed by atoms with Crippen LogP contribution < -0.4 is 10.2 Å². The number of hydrazone groups is 1. The quantitative estimate of drug-likeness (QED) is 0.546. The lowest BCUT2D eigenvalue weighted by Crippen LogP contribution is -2.25. The van der Waals surface area contributed by atoms with E-state index < -0.39 is 0 Å². The molecule has 3 aromatic carbocycles. The number of para-hydroxylation sites is 1. The fourth-order valence-electron chi connectivity index (χ4n) is 2.36. The van der Waals surface area contributed by atoms with Crippen molar-refractivity contribution in [1.29, 1.82) is 0 Å². The molecule has 1 amide bonds. The number of hydrogen-bond acceptors (Lipinski definition) is 3. The molecule has 0 atom stereocenters. The summed E-state index contributed by atoms with van der Waals surface area (Å²) in [7, 11) is 0. The van der Waals surface area contributed by atoms with Gasteiger partial charge < -0.3 is 4.74 Å². The third-order valence-corrected chi connectivity index (χ3v) is 4.02. The molecule has 0 spiro atoms. The molecule has 0 aliphatic heterocycles. The molecule has 0 saturated heterocycles. The minimum atomic E-state index is -0.347. The van der Waals surface area contributed by atoms with Gasteiger partial charge in [-0.2, -0.15) is 5.10 Å². The topological polar surface area (TPSA) is 50.7 Å². The zero-order valence-electron chi connectivity index (χ0n) is 13.7. The highest BCUT2D eigenvalue weighted by Crippen LogP contribution is 2.22. The van der Waals surface area contributed by atoms with Gasteiger partial charge in [0.15, 0.2) is 6.61 Å². The van der Waals surface area contributed by atoms with Gasteiger partial charge >= 0.3 is 0 Å². The van der Waals surface area contributed by atoms with E-state index in [2.05, 4.69) is 16.6 Å². The van der Waals surface area contributed by atoms with Crippen molar-refractivity contribution in [2.24, 2.45) is 5.10 Å². The second-order valence-corrected chi connectivity index (χ2v) is 5.92. The first-order valence-corrected chi connectivity index (χ1v) is 8.21. The lowest BCUT2D eigenvalue weighted by atomic mass is 10.0.